The molecule has 1 aromatic carbocycles. The lowest BCUT2D eigenvalue weighted by molar-refractivity contribution is -0.157. The molecular weight excluding hydrogens is 304 g/mol. The van der Waals surface area contributed by atoms with E-state index in [9.17, 15) is 4.79 Å². The molecule has 3 rings (SSSR count). The topological polar surface area (TPSA) is 42.0 Å². The maximum atomic E-state index is 12.5. The number of hydrogen-bond donors (Lipinski definition) is 0. The first-order valence-corrected chi connectivity index (χ1v) is 9.07. The van der Waals surface area contributed by atoms with Crippen LogP contribution in [-0.2, 0) is 20.7 Å². The van der Waals surface area contributed by atoms with Crippen LogP contribution in [0.5, 0.6) is 0 Å². The van der Waals surface area contributed by atoms with Crippen molar-refractivity contribution in [2.75, 3.05) is 52.5 Å². The van der Waals surface area contributed by atoms with Crippen molar-refractivity contribution in [1.29, 1.82) is 0 Å². The molecule has 1 atom stereocenters. The summed E-state index contributed by atoms with van der Waals surface area (Å²) >= 11 is 0. The van der Waals surface area contributed by atoms with E-state index in [1.165, 1.54) is 5.56 Å². The second kappa shape index (κ2) is 9.16. The third kappa shape index (κ3) is 5.03. The maximum absolute atomic E-state index is 12.5. The highest BCUT2D eigenvalue weighted by Crippen LogP contribution is 2.11. The van der Waals surface area contributed by atoms with E-state index >= 15 is 0 Å². The summed E-state index contributed by atoms with van der Waals surface area (Å²) in [6.45, 7) is 6.26. The van der Waals surface area contributed by atoms with Crippen molar-refractivity contribution in [3.63, 3.8) is 0 Å². The molecule has 5 heteroatoms. The summed E-state index contributed by atoms with van der Waals surface area (Å²) in [5, 5.41) is 0. The predicted molar refractivity (Wildman–Crippen MR) is 93.0 cm³/mol. The number of rotatable bonds is 5. The summed E-state index contributed by atoms with van der Waals surface area (Å²) in [5.74, 6) is 0.0980. The van der Waals surface area contributed by atoms with Crippen molar-refractivity contribution in [3.05, 3.63) is 35.9 Å². The van der Waals surface area contributed by atoms with Gasteiger partial charge in [0.1, 0.15) is 0 Å². The Morgan fingerprint density at radius 1 is 1.08 bits per heavy atom. The molecule has 0 aliphatic carbocycles. The zero-order chi connectivity index (χ0) is 16.6. The van der Waals surface area contributed by atoms with Crippen LogP contribution in [0.15, 0.2) is 30.3 Å². The van der Waals surface area contributed by atoms with Gasteiger partial charge < -0.3 is 19.3 Å². The minimum Gasteiger partial charge on any atom is -0.376 e. The fraction of sp³-hybridized carbons (Fsp3) is 0.632. The molecule has 0 saturated carbocycles. The van der Waals surface area contributed by atoms with Crippen LogP contribution in [0.2, 0.25) is 0 Å². The average molecular weight is 332 g/mol. The average Bonchev–Trinajstić information content (AvgIpc) is 2.88. The van der Waals surface area contributed by atoms with Gasteiger partial charge in [-0.15, -0.1) is 0 Å². The SMILES string of the molecule is O=C([C@@H]1COCCO1)N1CCCN(CCCc2ccccc2)CC1. The predicted octanol–water partition coefficient (Wildman–Crippen LogP) is 1.57. The highest BCUT2D eigenvalue weighted by Gasteiger charge is 2.28. The molecule has 24 heavy (non-hydrogen) atoms. The van der Waals surface area contributed by atoms with Crippen molar-refractivity contribution in [1.82, 2.24) is 9.80 Å². The highest BCUT2D eigenvalue weighted by molar-refractivity contribution is 5.81. The van der Waals surface area contributed by atoms with Gasteiger partial charge in [0.2, 0.25) is 0 Å². The monoisotopic (exact) mass is 332 g/mol. The Morgan fingerprint density at radius 3 is 2.75 bits per heavy atom. The Balaban J connectivity index is 1.40. The molecule has 132 valence electrons. The Morgan fingerprint density at radius 2 is 1.96 bits per heavy atom. The molecule has 5 nitrogen and oxygen atoms in total. The maximum Gasteiger partial charge on any atom is 0.254 e. The molecule has 2 aliphatic heterocycles. The molecule has 2 aliphatic rings. The number of hydrogen-bond acceptors (Lipinski definition) is 4. The molecule has 2 saturated heterocycles. The van der Waals surface area contributed by atoms with Gasteiger partial charge in [-0.05, 0) is 37.9 Å². The van der Waals surface area contributed by atoms with Crippen LogP contribution < -0.4 is 0 Å². The van der Waals surface area contributed by atoms with Gasteiger partial charge in [-0.2, -0.15) is 0 Å². The van der Waals surface area contributed by atoms with Crippen LogP contribution in [0.25, 0.3) is 0 Å². The number of ether oxygens (including phenoxy) is 2. The Kier molecular flexibility index (Phi) is 6.64. The summed E-state index contributed by atoms with van der Waals surface area (Å²) in [4.78, 5) is 16.9. The first-order valence-electron chi connectivity index (χ1n) is 9.07. The molecule has 1 aromatic rings. The zero-order valence-corrected chi connectivity index (χ0v) is 14.4. The fourth-order valence-electron chi connectivity index (χ4n) is 3.40. The van der Waals surface area contributed by atoms with Crippen LogP contribution in [0.1, 0.15) is 18.4 Å². The second-order valence-corrected chi connectivity index (χ2v) is 6.54. The van der Waals surface area contributed by atoms with E-state index in [1.807, 2.05) is 4.90 Å². The van der Waals surface area contributed by atoms with Crippen LogP contribution in [0, 0.1) is 0 Å². The van der Waals surface area contributed by atoms with Gasteiger partial charge in [0.05, 0.1) is 19.8 Å². The van der Waals surface area contributed by atoms with E-state index in [0.717, 1.165) is 52.0 Å². The summed E-state index contributed by atoms with van der Waals surface area (Å²) in [6, 6.07) is 10.6. The molecule has 0 bridgehead atoms. The van der Waals surface area contributed by atoms with Gasteiger partial charge in [-0.1, -0.05) is 30.3 Å². The van der Waals surface area contributed by atoms with Crippen molar-refractivity contribution in [3.8, 4) is 0 Å². The van der Waals surface area contributed by atoms with Crippen molar-refractivity contribution in [2.24, 2.45) is 0 Å². The van der Waals surface area contributed by atoms with Crippen molar-refractivity contribution in [2.45, 2.75) is 25.4 Å². The summed E-state index contributed by atoms with van der Waals surface area (Å²) in [5.41, 5.74) is 1.40. The van der Waals surface area contributed by atoms with Crippen LogP contribution in [0.3, 0.4) is 0 Å². The Labute approximate surface area is 144 Å². The molecule has 0 aromatic heterocycles. The van der Waals surface area contributed by atoms with E-state index in [1.54, 1.807) is 0 Å². The van der Waals surface area contributed by atoms with Crippen molar-refractivity contribution < 1.29 is 14.3 Å². The number of carbonyl (C=O) groups excluding carboxylic acids is 1. The zero-order valence-electron chi connectivity index (χ0n) is 14.4. The normalized spacial score (nSPS) is 23.0. The summed E-state index contributed by atoms with van der Waals surface area (Å²) in [6.07, 6.45) is 2.92. The number of benzene rings is 1. The number of carbonyl (C=O) groups is 1. The second-order valence-electron chi connectivity index (χ2n) is 6.54. The lowest BCUT2D eigenvalue weighted by atomic mass is 10.1. The minimum atomic E-state index is -0.400. The van der Waals surface area contributed by atoms with Gasteiger partial charge >= 0.3 is 0 Å². The third-order valence-corrected chi connectivity index (χ3v) is 4.77. The molecule has 0 unspecified atom stereocenters. The number of amides is 1. The van der Waals surface area contributed by atoms with E-state index < -0.39 is 6.10 Å². The van der Waals surface area contributed by atoms with E-state index in [4.69, 9.17) is 9.47 Å². The van der Waals surface area contributed by atoms with Gasteiger partial charge in [0, 0.05) is 19.6 Å². The molecule has 0 spiro atoms. The van der Waals surface area contributed by atoms with Gasteiger partial charge in [-0.3, -0.25) is 4.79 Å². The first kappa shape index (κ1) is 17.4. The van der Waals surface area contributed by atoms with Gasteiger partial charge in [0.15, 0.2) is 6.10 Å². The van der Waals surface area contributed by atoms with E-state index in [0.29, 0.717) is 19.8 Å². The molecule has 1 amide bonds. The smallest absolute Gasteiger partial charge is 0.254 e. The van der Waals surface area contributed by atoms with Gasteiger partial charge in [-0.25, -0.2) is 0 Å². The lowest BCUT2D eigenvalue weighted by Crippen LogP contribution is -2.46. The van der Waals surface area contributed by atoms with Crippen molar-refractivity contribution >= 4 is 5.91 Å². The minimum absolute atomic E-state index is 0.0980. The molecule has 0 N–H and O–H groups in total. The highest BCUT2D eigenvalue weighted by atomic mass is 16.6. The summed E-state index contributed by atoms with van der Waals surface area (Å²) < 4.78 is 10.9. The number of nitrogens with zero attached hydrogens (tertiary/aromatic N) is 2. The molecular formula is C19H28N2O3. The standard InChI is InChI=1S/C19H28N2O3/c22-19(18-16-23-14-15-24-18)21-11-5-10-20(12-13-21)9-4-8-17-6-2-1-3-7-17/h1-3,6-7,18H,4-5,8-16H2/t18-/m0/s1. The van der Waals surface area contributed by atoms with Crippen LogP contribution in [-0.4, -0.2) is 74.4 Å². The quantitative estimate of drug-likeness (QED) is 0.821. The third-order valence-electron chi connectivity index (χ3n) is 4.77. The fourth-order valence-corrected chi connectivity index (χ4v) is 3.40. The molecule has 2 heterocycles. The molecule has 2 fully saturated rings. The number of aryl methyl sites for hydroxylation is 1. The van der Waals surface area contributed by atoms with E-state index in [-0.39, 0.29) is 5.91 Å². The Hall–Kier alpha value is -1.43. The van der Waals surface area contributed by atoms with Crippen LogP contribution in [0.4, 0.5) is 0 Å². The van der Waals surface area contributed by atoms with Gasteiger partial charge in [0.25, 0.3) is 5.91 Å². The largest absolute Gasteiger partial charge is 0.376 e. The Bertz CT molecular complexity index is 503. The summed E-state index contributed by atoms with van der Waals surface area (Å²) in [7, 11) is 0. The lowest BCUT2D eigenvalue weighted by Gasteiger charge is -2.28. The van der Waals surface area contributed by atoms with E-state index in [2.05, 4.69) is 35.2 Å². The van der Waals surface area contributed by atoms with Crippen LogP contribution >= 0.6 is 0 Å². The first-order chi connectivity index (χ1) is 11.8. The molecule has 0 radical (unpaired) electrons.